The van der Waals surface area contributed by atoms with E-state index in [2.05, 4.69) is 5.32 Å². The Kier molecular flexibility index (Phi) is 5.31. The van der Waals surface area contributed by atoms with Gasteiger partial charge in [-0.15, -0.1) is 0 Å². The highest BCUT2D eigenvalue weighted by molar-refractivity contribution is 5.98. The quantitative estimate of drug-likeness (QED) is 0.840. The lowest BCUT2D eigenvalue weighted by molar-refractivity contribution is -0.123. The van der Waals surface area contributed by atoms with Crippen LogP contribution in [0, 0.1) is 0 Å². The van der Waals surface area contributed by atoms with Crippen molar-refractivity contribution >= 4 is 29.2 Å². The highest BCUT2D eigenvalue weighted by atomic mass is 16.5. The van der Waals surface area contributed by atoms with Gasteiger partial charge in [-0.3, -0.25) is 9.59 Å². The molecule has 3 rings (SSSR count). The number of nitrogens with zero attached hydrogens (tertiary/aromatic N) is 1. The number of benzene rings is 2. The Morgan fingerprint density at radius 1 is 1.08 bits per heavy atom. The van der Waals surface area contributed by atoms with Gasteiger partial charge < -0.3 is 15.0 Å². The maximum absolute atomic E-state index is 12.2. The molecule has 1 N–H and O–H groups in total. The molecule has 0 saturated carbocycles. The summed E-state index contributed by atoms with van der Waals surface area (Å²) in [7, 11) is 0. The first-order valence-electron chi connectivity index (χ1n) is 8.52. The van der Waals surface area contributed by atoms with Crippen molar-refractivity contribution in [2.24, 2.45) is 0 Å². The zero-order chi connectivity index (χ0) is 18.5. The molecular formula is C20H20N2O4. The molecule has 2 aromatic rings. The number of hydrogen-bond acceptors (Lipinski definition) is 4. The largest absolute Gasteiger partial charge is 0.449 e. The molecule has 1 fully saturated rings. The highest BCUT2D eigenvalue weighted by Crippen LogP contribution is 2.22. The van der Waals surface area contributed by atoms with Crippen molar-refractivity contribution in [3.05, 3.63) is 60.2 Å². The Morgan fingerprint density at radius 2 is 1.77 bits per heavy atom. The van der Waals surface area contributed by atoms with E-state index in [0.29, 0.717) is 24.2 Å². The van der Waals surface area contributed by atoms with E-state index in [4.69, 9.17) is 4.74 Å². The van der Waals surface area contributed by atoms with Crippen molar-refractivity contribution in [3.63, 3.8) is 0 Å². The molecular weight excluding hydrogens is 332 g/mol. The van der Waals surface area contributed by atoms with E-state index in [0.717, 1.165) is 12.1 Å². The number of ether oxygens (including phenoxy) is 1. The highest BCUT2D eigenvalue weighted by Gasteiger charge is 2.23. The summed E-state index contributed by atoms with van der Waals surface area (Å²) >= 11 is 0. The van der Waals surface area contributed by atoms with E-state index in [1.54, 1.807) is 53.4 Å². The number of carbonyl (C=O) groups is 3. The number of hydrogen-bond donors (Lipinski definition) is 1. The van der Waals surface area contributed by atoms with E-state index in [-0.39, 0.29) is 5.91 Å². The lowest BCUT2D eigenvalue weighted by atomic mass is 10.2. The standard InChI is InChI=1S/C20H20N2O4/c1-14(19(24)21-16-6-3-2-4-7-16)26-20(25)15-9-11-17(12-10-15)22-13-5-8-18(22)23/h2-4,6-7,9-12,14H,5,8,13H2,1H3,(H,21,24)/t14-/m0/s1. The number of amides is 2. The minimum atomic E-state index is -0.928. The van der Waals surface area contributed by atoms with Crippen LogP contribution in [0.25, 0.3) is 0 Å². The SMILES string of the molecule is C[C@H](OC(=O)c1ccc(N2CCCC2=O)cc1)C(=O)Nc1ccccc1. The van der Waals surface area contributed by atoms with Crippen LogP contribution in [0.5, 0.6) is 0 Å². The van der Waals surface area contributed by atoms with E-state index >= 15 is 0 Å². The predicted molar refractivity (Wildman–Crippen MR) is 98.0 cm³/mol. The van der Waals surface area contributed by atoms with Crippen LogP contribution in [0.4, 0.5) is 11.4 Å². The summed E-state index contributed by atoms with van der Waals surface area (Å²) in [6.45, 7) is 2.22. The van der Waals surface area contributed by atoms with Crippen LogP contribution in [0.3, 0.4) is 0 Å². The first-order valence-corrected chi connectivity index (χ1v) is 8.52. The van der Waals surface area contributed by atoms with Gasteiger partial charge >= 0.3 is 5.97 Å². The smallest absolute Gasteiger partial charge is 0.338 e. The fourth-order valence-corrected chi connectivity index (χ4v) is 2.75. The fourth-order valence-electron chi connectivity index (χ4n) is 2.75. The minimum Gasteiger partial charge on any atom is -0.449 e. The van der Waals surface area contributed by atoms with Crippen LogP contribution in [0.1, 0.15) is 30.1 Å². The second kappa shape index (κ2) is 7.82. The van der Waals surface area contributed by atoms with E-state index in [9.17, 15) is 14.4 Å². The third-order valence-corrected chi connectivity index (χ3v) is 4.18. The summed E-state index contributed by atoms with van der Waals surface area (Å²) < 4.78 is 5.23. The van der Waals surface area contributed by atoms with E-state index < -0.39 is 18.0 Å². The number of para-hydroxylation sites is 1. The maximum atomic E-state index is 12.2. The molecule has 0 spiro atoms. The second-order valence-electron chi connectivity index (χ2n) is 6.10. The number of carbonyl (C=O) groups excluding carboxylic acids is 3. The number of rotatable bonds is 5. The van der Waals surface area contributed by atoms with Gasteiger partial charge in [-0.25, -0.2) is 4.79 Å². The van der Waals surface area contributed by atoms with Crippen LogP contribution in [-0.4, -0.2) is 30.4 Å². The van der Waals surface area contributed by atoms with Gasteiger partial charge in [-0.2, -0.15) is 0 Å². The Bertz CT molecular complexity index is 802. The molecule has 1 atom stereocenters. The Labute approximate surface area is 151 Å². The lowest BCUT2D eigenvalue weighted by Crippen LogP contribution is -2.30. The zero-order valence-corrected chi connectivity index (χ0v) is 14.5. The summed E-state index contributed by atoms with van der Waals surface area (Å²) in [4.78, 5) is 37.8. The molecule has 1 saturated heterocycles. The molecule has 0 unspecified atom stereocenters. The summed E-state index contributed by atoms with van der Waals surface area (Å²) in [5, 5.41) is 2.69. The minimum absolute atomic E-state index is 0.0894. The summed E-state index contributed by atoms with van der Waals surface area (Å²) in [6.07, 6.45) is 0.469. The third kappa shape index (κ3) is 4.08. The summed E-state index contributed by atoms with van der Waals surface area (Å²) in [5.74, 6) is -0.893. The van der Waals surface area contributed by atoms with Crippen molar-refractivity contribution in [1.29, 1.82) is 0 Å². The Hall–Kier alpha value is -3.15. The van der Waals surface area contributed by atoms with Crippen LogP contribution in [-0.2, 0) is 14.3 Å². The van der Waals surface area contributed by atoms with E-state index in [1.165, 1.54) is 6.92 Å². The number of esters is 1. The Balaban J connectivity index is 1.58. The molecule has 134 valence electrons. The first kappa shape index (κ1) is 17.7. The van der Waals surface area contributed by atoms with E-state index in [1.807, 2.05) is 6.07 Å². The van der Waals surface area contributed by atoms with Crippen LogP contribution in [0.2, 0.25) is 0 Å². The monoisotopic (exact) mass is 352 g/mol. The fraction of sp³-hybridized carbons (Fsp3) is 0.250. The Morgan fingerprint density at radius 3 is 2.38 bits per heavy atom. The van der Waals surface area contributed by atoms with Gasteiger partial charge in [-0.1, -0.05) is 18.2 Å². The molecule has 1 aliphatic heterocycles. The van der Waals surface area contributed by atoms with Crippen LogP contribution < -0.4 is 10.2 Å². The molecule has 6 heteroatoms. The molecule has 0 bridgehead atoms. The van der Waals surface area contributed by atoms with Crippen molar-refractivity contribution in [3.8, 4) is 0 Å². The van der Waals surface area contributed by atoms with Crippen LogP contribution in [0.15, 0.2) is 54.6 Å². The van der Waals surface area contributed by atoms with Gasteiger partial charge in [0.15, 0.2) is 6.10 Å². The lowest BCUT2D eigenvalue weighted by Gasteiger charge is -2.16. The average molecular weight is 352 g/mol. The molecule has 2 aromatic carbocycles. The summed E-state index contributed by atoms with van der Waals surface area (Å²) in [6, 6.07) is 15.6. The van der Waals surface area contributed by atoms with Crippen molar-refractivity contribution in [1.82, 2.24) is 0 Å². The normalized spacial score (nSPS) is 14.8. The molecule has 1 heterocycles. The molecule has 1 aliphatic rings. The van der Waals surface area contributed by atoms with Gasteiger partial charge in [-0.05, 0) is 49.7 Å². The summed E-state index contributed by atoms with van der Waals surface area (Å²) in [5.41, 5.74) is 1.73. The second-order valence-corrected chi connectivity index (χ2v) is 6.10. The third-order valence-electron chi connectivity index (χ3n) is 4.18. The van der Waals surface area contributed by atoms with Gasteiger partial charge in [0, 0.05) is 24.3 Å². The molecule has 0 radical (unpaired) electrons. The topological polar surface area (TPSA) is 75.7 Å². The van der Waals surface area contributed by atoms with Crippen molar-refractivity contribution in [2.75, 3.05) is 16.8 Å². The molecule has 0 aromatic heterocycles. The molecule has 6 nitrogen and oxygen atoms in total. The van der Waals surface area contributed by atoms with Gasteiger partial charge in [0.05, 0.1) is 5.56 Å². The van der Waals surface area contributed by atoms with Crippen LogP contribution >= 0.6 is 0 Å². The average Bonchev–Trinajstić information content (AvgIpc) is 3.08. The zero-order valence-electron chi connectivity index (χ0n) is 14.5. The van der Waals surface area contributed by atoms with Crippen molar-refractivity contribution < 1.29 is 19.1 Å². The molecule has 26 heavy (non-hydrogen) atoms. The maximum Gasteiger partial charge on any atom is 0.338 e. The predicted octanol–water partition coefficient (Wildman–Crippen LogP) is 3.00. The van der Waals surface area contributed by atoms with Gasteiger partial charge in [0.1, 0.15) is 0 Å². The number of anilines is 2. The molecule has 2 amide bonds. The van der Waals surface area contributed by atoms with Gasteiger partial charge in [0.2, 0.25) is 5.91 Å². The van der Waals surface area contributed by atoms with Gasteiger partial charge in [0.25, 0.3) is 5.91 Å². The van der Waals surface area contributed by atoms with Crippen molar-refractivity contribution in [2.45, 2.75) is 25.9 Å². The molecule has 0 aliphatic carbocycles. The number of nitrogens with one attached hydrogen (secondary N) is 1. The first-order chi connectivity index (χ1) is 12.5.